The van der Waals surface area contributed by atoms with Crippen LogP contribution in [-0.2, 0) is 9.53 Å². The minimum absolute atomic E-state index is 0.360. The van der Waals surface area contributed by atoms with Gasteiger partial charge in [-0.2, -0.15) is 0 Å². The van der Waals surface area contributed by atoms with Gasteiger partial charge in [0.1, 0.15) is 6.61 Å². The summed E-state index contributed by atoms with van der Waals surface area (Å²) in [6.45, 7) is 7.17. The number of esters is 1. The summed E-state index contributed by atoms with van der Waals surface area (Å²) < 4.78 is 5.13. The Labute approximate surface area is 124 Å². The minimum Gasteiger partial charge on any atom is -0.461 e. The molecule has 0 aliphatic rings. The molecule has 0 fully saturated rings. The first-order chi connectivity index (χ1) is 10.2. The average Bonchev–Trinajstić information content (AvgIpc) is 2.51. The van der Waals surface area contributed by atoms with Crippen LogP contribution in [0.4, 0.5) is 5.69 Å². The quantitative estimate of drug-likeness (QED) is 0.241. The molecule has 0 aromatic heterocycles. The lowest BCUT2D eigenvalue weighted by atomic mass is 10.2. The van der Waals surface area contributed by atoms with Gasteiger partial charge in [-0.05, 0) is 30.3 Å². The van der Waals surface area contributed by atoms with Crippen LogP contribution < -0.4 is 0 Å². The molecular weight excluding hydrogens is 268 g/mol. The molecule has 0 amide bonds. The Morgan fingerprint density at radius 3 is 2.57 bits per heavy atom. The van der Waals surface area contributed by atoms with Crippen molar-refractivity contribution in [2.75, 3.05) is 26.2 Å². The summed E-state index contributed by atoms with van der Waals surface area (Å²) in [4.78, 5) is 16.4. The third-order valence-electron chi connectivity index (χ3n) is 3.01. The number of carbonyl (C=O) groups excluding carboxylic acids is 1. The van der Waals surface area contributed by atoms with Gasteiger partial charge in [-0.25, -0.2) is 4.79 Å². The Morgan fingerprint density at radius 2 is 2.00 bits per heavy atom. The zero-order valence-corrected chi connectivity index (χ0v) is 12.4. The number of ether oxygens (including phenoxy) is 1. The molecule has 1 aromatic rings. The first-order valence-electron chi connectivity index (χ1n) is 6.92. The van der Waals surface area contributed by atoms with E-state index >= 15 is 0 Å². The number of benzene rings is 1. The topological polar surface area (TPSA) is 78.3 Å². The van der Waals surface area contributed by atoms with Crippen molar-refractivity contribution in [3.05, 3.63) is 46.3 Å². The summed E-state index contributed by atoms with van der Waals surface area (Å²) in [5, 5.41) is 3.48. The summed E-state index contributed by atoms with van der Waals surface area (Å²) in [6, 6.07) is 6.91. The Balaban J connectivity index is 2.41. The third kappa shape index (κ3) is 6.61. The SMILES string of the molecule is CCN(CC)CCOC(=O)C=Cc1ccc(N=[N+]=[N-])cc1. The highest BCUT2D eigenvalue weighted by Crippen LogP contribution is 2.13. The van der Waals surface area contributed by atoms with Gasteiger partial charge in [0.25, 0.3) is 0 Å². The maximum atomic E-state index is 11.5. The fourth-order valence-electron chi connectivity index (χ4n) is 1.73. The average molecular weight is 288 g/mol. The fraction of sp³-hybridized carbons (Fsp3) is 0.400. The van der Waals surface area contributed by atoms with Gasteiger partial charge in [-0.3, -0.25) is 0 Å². The highest BCUT2D eigenvalue weighted by molar-refractivity contribution is 5.87. The van der Waals surface area contributed by atoms with E-state index in [4.69, 9.17) is 10.3 Å². The number of likely N-dealkylation sites (N-methyl/N-ethyl adjacent to an activating group) is 1. The smallest absolute Gasteiger partial charge is 0.330 e. The van der Waals surface area contributed by atoms with E-state index in [2.05, 4.69) is 28.8 Å². The van der Waals surface area contributed by atoms with Crippen molar-refractivity contribution < 1.29 is 9.53 Å². The summed E-state index contributed by atoms with van der Waals surface area (Å²) in [6.07, 6.45) is 3.06. The summed E-state index contributed by atoms with van der Waals surface area (Å²) in [5.41, 5.74) is 9.68. The molecule has 0 unspecified atom stereocenters. The fourth-order valence-corrected chi connectivity index (χ4v) is 1.73. The van der Waals surface area contributed by atoms with E-state index in [1.807, 2.05) is 0 Å². The zero-order valence-electron chi connectivity index (χ0n) is 12.4. The van der Waals surface area contributed by atoms with Gasteiger partial charge in [0.15, 0.2) is 0 Å². The standard InChI is InChI=1S/C15H20N4O2/c1-3-19(4-2)11-12-21-15(20)10-7-13-5-8-14(9-6-13)17-18-16/h5-10H,3-4,11-12H2,1-2H3. The van der Waals surface area contributed by atoms with Gasteiger partial charge < -0.3 is 9.64 Å². The van der Waals surface area contributed by atoms with Crippen LogP contribution in [0.25, 0.3) is 16.5 Å². The van der Waals surface area contributed by atoms with Crippen LogP contribution in [0, 0.1) is 0 Å². The van der Waals surface area contributed by atoms with Crippen LogP contribution in [0.1, 0.15) is 19.4 Å². The van der Waals surface area contributed by atoms with Gasteiger partial charge >= 0.3 is 5.97 Å². The molecule has 0 atom stereocenters. The van der Waals surface area contributed by atoms with Gasteiger partial charge in [-0.1, -0.05) is 43.2 Å². The Morgan fingerprint density at radius 1 is 1.33 bits per heavy atom. The first kappa shape index (κ1) is 16.8. The Bertz CT molecular complexity index is 515. The van der Waals surface area contributed by atoms with Crippen molar-refractivity contribution in [1.82, 2.24) is 4.90 Å². The molecule has 0 aliphatic carbocycles. The van der Waals surface area contributed by atoms with Gasteiger partial charge in [0, 0.05) is 23.2 Å². The molecule has 6 heteroatoms. The zero-order chi connectivity index (χ0) is 15.5. The molecule has 0 heterocycles. The number of carbonyl (C=O) groups is 1. The molecule has 0 N–H and O–H groups in total. The van der Waals surface area contributed by atoms with E-state index in [1.165, 1.54) is 6.08 Å². The van der Waals surface area contributed by atoms with E-state index in [-0.39, 0.29) is 5.97 Å². The summed E-state index contributed by atoms with van der Waals surface area (Å²) in [5.74, 6) is -0.360. The maximum absolute atomic E-state index is 11.5. The third-order valence-corrected chi connectivity index (χ3v) is 3.01. The number of azide groups is 1. The normalized spacial score (nSPS) is 10.6. The lowest BCUT2D eigenvalue weighted by Crippen LogP contribution is -2.27. The number of hydrogen-bond donors (Lipinski definition) is 0. The van der Waals surface area contributed by atoms with Gasteiger partial charge in [0.2, 0.25) is 0 Å². The van der Waals surface area contributed by atoms with E-state index < -0.39 is 0 Å². The van der Waals surface area contributed by atoms with Crippen LogP contribution in [0.3, 0.4) is 0 Å². The van der Waals surface area contributed by atoms with E-state index in [1.54, 1.807) is 30.3 Å². The minimum atomic E-state index is -0.360. The molecule has 0 radical (unpaired) electrons. The molecular formula is C15H20N4O2. The largest absolute Gasteiger partial charge is 0.461 e. The predicted molar refractivity (Wildman–Crippen MR) is 83.0 cm³/mol. The van der Waals surface area contributed by atoms with Crippen molar-refractivity contribution in [2.45, 2.75) is 13.8 Å². The second-order valence-electron chi connectivity index (χ2n) is 4.31. The molecule has 0 aliphatic heterocycles. The predicted octanol–water partition coefficient (Wildman–Crippen LogP) is 3.53. The van der Waals surface area contributed by atoms with Crippen LogP contribution >= 0.6 is 0 Å². The highest BCUT2D eigenvalue weighted by Gasteiger charge is 2.01. The highest BCUT2D eigenvalue weighted by atomic mass is 16.5. The second-order valence-corrected chi connectivity index (χ2v) is 4.31. The van der Waals surface area contributed by atoms with Crippen molar-refractivity contribution in [2.24, 2.45) is 5.11 Å². The summed E-state index contributed by atoms with van der Waals surface area (Å²) in [7, 11) is 0. The molecule has 0 bridgehead atoms. The monoisotopic (exact) mass is 288 g/mol. The van der Waals surface area contributed by atoms with E-state index in [0.29, 0.717) is 12.3 Å². The molecule has 1 aromatic carbocycles. The van der Waals surface area contributed by atoms with Gasteiger partial charge in [-0.15, -0.1) is 0 Å². The number of nitrogens with zero attached hydrogens (tertiary/aromatic N) is 4. The lowest BCUT2D eigenvalue weighted by Gasteiger charge is -2.16. The van der Waals surface area contributed by atoms with Crippen molar-refractivity contribution in [1.29, 1.82) is 0 Å². The maximum Gasteiger partial charge on any atom is 0.330 e. The molecule has 0 saturated carbocycles. The molecule has 112 valence electrons. The molecule has 0 saturated heterocycles. The number of hydrogen-bond acceptors (Lipinski definition) is 4. The summed E-state index contributed by atoms with van der Waals surface area (Å²) >= 11 is 0. The van der Waals surface area contributed by atoms with Crippen LogP contribution in [-0.4, -0.2) is 37.1 Å². The van der Waals surface area contributed by atoms with Crippen molar-refractivity contribution in [3.8, 4) is 0 Å². The number of rotatable bonds is 8. The second kappa shape index (κ2) is 9.58. The molecule has 1 rings (SSSR count). The van der Waals surface area contributed by atoms with Crippen molar-refractivity contribution in [3.63, 3.8) is 0 Å². The van der Waals surface area contributed by atoms with Crippen LogP contribution in [0.15, 0.2) is 35.5 Å². The first-order valence-corrected chi connectivity index (χ1v) is 6.92. The molecule has 21 heavy (non-hydrogen) atoms. The van der Waals surface area contributed by atoms with Crippen molar-refractivity contribution >= 4 is 17.7 Å². The molecule has 6 nitrogen and oxygen atoms in total. The molecule has 0 spiro atoms. The Hall–Kier alpha value is -2.30. The van der Waals surface area contributed by atoms with Gasteiger partial charge in [0.05, 0.1) is 0 Å². The van der Waals surface area contributed by atoms with Crippen LogP contribution in [0.5, 0.6) is 0 Å². The van der Waals surface area contributed by atoms with Crippen LogP contribution in [0.2, 0.25) is 0 Å². The van der Waals surface area contributed by atoms with E-state index in [0.717, 1.165) is 25.2 Å². The Kier molecular flexibility index (Phi) is 7.64. The lowest BCUT2D eigenvalue weighted by molar-refractivity contribution is -0.138. The van der Waals surface area contributed by atoms with E-state index in [9.17, 15) is 4.79 Å².